The topological polar surface area (TPSA) is 82.8 Å². The zero-order chi connectivity index (χ0) is 18.8. The van der Waals surface area contributed by atoms with Gasteiger partial charge >= 0.3 is 0 Å². The Morgan fingerprint density at radius 3 is 2.41 bits per heavy atom. The lowest BCUT2D eigenvalue weighted by atomic mass is 10.0. The van der Waals surface area contributed by atoms with Crippen LogP contribution in [0.1, 0.15) is 33.8 Å². The molecule has 27 heavy (non-hydrogen) atoms. The minimum absolute atomic E-state index is 0.0309. The van der Waals surface area contributed by atoms with Crippen LogP contribution < -0.4 is 5.32 Å². The number of hydrogen-bond donors (Lipinski definition) is 2. The van der Waals surface area contributed by atoms with Crippen LogP contribution >= 0.6 is 0 Å². The summed E-state index contributed by atoms with van der Waals surface area (Å²) >= 11 is 0. The second kappa shape index (κ2) is 7.15. The highest BCUT2D eigenvalue weighted by molar-refractivity contribution is 6.01. The van der Waals surface area contributed by atoms with E-state index in [4.69, 9.17) is 4.42 Å². The number of nitrogens with zero attached hydrogens (tertiary/aromatic N) is 1. The van der Waals surface area contributed by atoms with E-state index < -0.39 is 0 Å². The maximum Gasteiger partial charge on any atom is 0.289 e. The molecular formula is C21H20N2O4. The smallest absolute Gasteiger partial charge is 0.289 e. The van der Waals surface area contributed by atoms with Gasteiger partial charge in [-0.05, 0) is 47.9 Å². The zero-order valence-corrected chi connectivity index (χ0v) is 14.7. The van der Waals surface area contributed by atoms with Crippen molar-refractivity contribution in [1.82, 2.24) is 10.2 Å². The Balaban J connectivity index is 1.40. The van der Waals surface area contributed by atoms with E-state index in [0.717, 1.165) is 10.8 Å². The number of piperidine rings is 1. The van der Waals surface area contributed by atoms with E-state index in [-0.39, 0.29) is 29.2 Å². The molecule has 0 radical (unpaired) electrons. The number of carbonyl (C=O) groups is 2. The van der Waals surface area contributed by atoms with Gasteiger partial charge < -0.3 is 19.7 Å². The molecule has 0 unspecified atom stereocenters. The van der Waals surface area contributed by atoms with Crippen molar-refractivity contribution in [1.29, 1.82) is 0 Å². The van der Waals surface area contributed by atoms with Crippen LogP contribution in [0, 0.1) is 0 Å². The standard InChI is InChI=1S/C21H20N2O4/c24-18-13-15-5-2-1-4-14(15)12-17(18)20(25)22-16-7-9-23(10-8-16)21(26)19-6-3-11-27-19/h1-6,11-13,16,24H,7-10H2,(H,22,25). The summed E-state index contributed by atoms with van der Waals surface area (Å²) in [6.07, 6.45) is 2.80. The van der Waals surface area contributed by atoms with Crippen LogP contribution in [-0.4, -0.2) is 41.0 Å². The Bertz CT molecular complexity index is 973. The number of fused-ring (bicyclic) bond motifs is 1. The van der Waals surface area contributed by atoms with E-state index in [0.29, 0.717) is 31.7 Å². The maximum atomic E-state index is 12.6. The van der Waals surface area contributed by atoms with Gasteiger partial charge in [0, 0.05) is 19.1 Å². The second-order valence-electron chi connectivity index (χ2n) is 6.73. The molecule has 3 aromatic rings. The Morgan fingerprint density at radius 2 is 1.74 bits per heavy atom. The van der Waals surface area contributed by atoms with Crippen molar-refractivity contribution in [2.75, 3.05) is 13.1 Å². The first kappa shape index (κ1) is 17.1. The molecule has 4 rings (SSSR count). The molecule has 1 aromatic heterocycles. The molecular weight excluding hydrogens is 344 g/mol. The summed E-state index contributed by atoms with van der Waals surface area (Å²) in [5.74, 6) is -0.124. The van der Waals surface area contributed by atoms with Gasteiger partial charge in [0.15, 0.2) is 5.76 Å². The van der Waals surface area contributed by atoms with Crippen LogP contribution in [0.15, 0.2) is 59.2 Å². The van der Waals surface area contributed by atoms with E-state index in [1.54, 1.807) is 29.2 Å². The first-order chi connectivity index (χ1) is 13.1. The SMILES string of the molecule is O=C(NC1CCN(C(=O)c2ccco2)CC1)c1cc2ccccc2cc1O. The fourth-order valence-corrected chi connectivity index (χ4v) is 3.46. The Hall–Kier alpha value is -3.28. The van der Waals surface area contributed by atoms with E-state index in [9.17, 15) is 14.7 Å². The van der Waals surface area contributed by atoms with Crippen molar-refractivity contribution < 1.29 is 19.1 Å². The lowest BCUT2D eigenvalue weighted by molar-refractivity contribution is 0.0667. The number of nitrogens with one attached hydrogen (secondary N) is 1. The van der Waals surface area contributed by atoms with Crippen LogP contribution in [0.5, 0.6) is 5.75 Å². The van der Waals surface area contributed by atoms with Gasteiger partial charge in [0.1, 0.15) is 5.75 Å². The van der Waals surface area contributed by atoms with Gasteiger partial charge in [-0.2, -0.15) is 0 Å². The van der Waals surface area contributed by atoms with Crippen molar-refractivity contribution in [3.05, 3.63) is 66.1 Å². The first-order valence-corrected chi connectivity index (χ1v) is 8.97. The Kier molecular flexibility index (Phi) is 4.54. The third-order valence-corrected chi connectivity index (χ3v) is 4.96. The van der Waals surface area contributed by atoms with E-state index in [2.05, 4.69) is 5.32 Å². The lowest BCUT2D eigenvalue weighted by Gasteiger charge is -2.32. The van der Waals surface area contributed by atoms with Crippen LogP contribution in [0.2, 0.25) is 0 Å². The molecule has 0 aliphatic carbocycles. The van der Waals surface area contributed by atoms with E-state index in [1.807, 2.05) is 24.3 Å². The fraction of sp³-hybridized carbons (Fsp3) is 0.238. The van der Waals surface area contributed by atoms with E-state index in [1.165, 1.54) is 6.26 Å². The van der Waals surface area contributed by atoms with Crippen molar-refractivity contribution in [3.63, 3.8) is 0 Å². The van der Waals surface area contributed by atoms with Crippen molar-refractivity contribution in [3.8, 4) is 5.75 Å². The number of hydrogen-bond acceptors (Lipinski definition) is 4. The Labute approximate surface area is 156 Å². The number of aromatic hydroxyl groups is 1. The minimum atomic E-state index is -0.297. The molecule has 1 fully saturated rings. The molecule has 2 heterocycles. The van der Waals surface area contributed by atoms with Crippen LogP contribution in [-0.2, 0) is 0 Å². The molecule has 2 N–H and O–H groups in total. The predicted octanol–water partition coefficient (Wildman–Crippen LogP) is 3.17. The van der Waals surface area contributed by atoms with Crippen molar-refractivity contribution in [2.45, 2.75) is 18.9 Å². The largest absolute Gasteiger partial charge is 0.507 e. The summed E-state index contributed by atoms with van der Waals surface area (Å²) in [4.78, 5) is 26.6. The maximum absolute atomic E-state index is 12.6. The summed E-state index contributed by atoms with van der Waals surface area (Å²) < 4.78 is 5.16. The molecule has 138 valence electrons. The lowest BCUT2D eigenvalue weighted by Crippen LogP contribution is -2.46. The molecule has 2 aromatic carbocycles. The van der Waals surface area contributed by atoms with Gasteiger partial charge in [-0.25, -0.2) is 0 Å². The number of likely N-dealkylation sites (tertiary alicyclic amines) is 1. The van der Waals surface area contributed by atoms with Gasteiger partial charge in [-0.3, -0.25) is 9.59 Å². The highest BCUT2D eigenvalue weighted by atomic mass is 16.3. The molecule has 1 saturated heterocycles. The van der Waals surface area contributed by atoms with Crippen LogP contribution in [0.3, 0.4) is 0 Å². The molecule has 6 heteroatoms. The number of benzene rings is 2. The highest BCUT2D eigenvalue weighted by Crippen LogP contribution is 2.25. The number of furan rings is 1. The summed E-state index contributed by atoms with van der Waals surface area (Å²) in [6, 6.07) is 14.2. The minimum Gasteiger partial charge on any atom is -0.507 e. The molecule has 0 atom stereocenters. The molecule has 1 aliphatic heterocycles. The van der Waals surface area contributed by atoms with Gasteiger partial charge in [0.05, 0.1) is 11.8 Å². The number of phenols is 1. The first-order valence-electron chi connectivity index (χ1n) is 8.97. The number of rotatable bonds is 3. The molecule has 0 spiro atoms. The van der Waals surface area contributed by atoms with Gasteiger partial charge in [0.2, 0.25) is 0 Å². The van der Waals surface area contributed by atoms with E-state index >= 15 is 0 Å². The van der Waals surface area contributed by atoms with Crippen LogP contribution in [0.4, 0.5) is 0 Å². The number of carbonyl (C=O) groups excluding carboxylic acids is 2. The van der Waals surface area contributed by atoms with Gasteiger partial charge in [0.25, 0.3) is 11.8 Å². The predicted molar refractivity (Wildman–Crippen MR) is 101 cm³/mol. The van der Waals surface area contributed by atoms with Gasteiger partial charge in [-0.1, -0.05) is 24.3 Å². The summed E-state index contributed by atoms with van der Waals surface area (Å²) in [5.41, 5.74) is 0.266. The third kappa shape index (κ3) is 3.51. The molecule has 6 nitrogen and oxygen atoms in total. The average molecular weight is 364 g/mol. The van der Waals surface area contributed by atoms with Gasteiger partial charge in [-0.15, -0.1) is 0 Å². The normalized spacial score (nSPS) is 15.0. The van der Waals surface area contributed by atoms with Crippen LogP contribution in [0.25, 0.3) is 10.8 Å². The number of phenolic OH excluding ortho intramolecular Hbond substituents is 1. The molecule has 2 amide bonds. The molecule has 1 aliphatic rings. The summed E-state index contributed by atoms with van der Waals surface area (Å²) in [6.45, 7) is 1.10. The third-order valence-electron chi connectivity index (χ3n) is 4.96. The molecule has 0 bridgehead atoms. The average Bonchev–Trinajstić information content (AvgIpc) is 3.22. The fourth-order valence-electron chi connectivity index (χ4n) is 3.46. The quantitative estimate of drug-likeness (QED) is 0.748. The number of amides is 2. The van der Waals surface area contributed by atoms with Crippen molar-refractivity contribution >= 4 is 22.6 Å². The second-order valence-corrected chi connectivity index (χ2v) is 6.73. The zero-order valence-electron chi connectivity index (χ0n) is 14.7. The summed E-state index contributed by atoms with van der Waals surface area (Å²) in [7, 11) is 0. The van der Waals surface area contributed by atoms with Crippen molar-refractivity contribution in [2.24, 2.45) is 0 Å². The Morgan fingerprint density at radius 1 is 1.04 bits per heavy atom. The summed E-state index contributed by atoms with van der Waals surface area (Å²) in [5, 5.41) is 15.0. The molecule has 0 saturated carbocycles. The monoisotopic (exact) mass is 364 g/mol. The highest BCUT2D eigenvalue weighted by Gasteiger charge is 2.26.